The summed E-state index contributed by atoms with van der Waals surface area (Å²) in [6, 6.07) is 13.4. The fourth-order valence-electron chi connectivity index (χ4n) is 2.14. The number of benzene rings is 2. The highest BCUT2D eigenvalue weighted by Crippen LogP contribution is 2.26. The first-order valence-corrected chi connectivity index (χ1v) is 7.72. The van der Waals surface area contributed by atoms with Crippen LogP contribution in [0.4, 0.5) is 5.69 Å². The number of nitrogens with one attached hydrogen (secondary N) is 2. The number of rotatable bonds is 7. The van der Waals surface area contributed by atoms with E-state index >= 15 is 0 Å². The zero-order chi connectivity index (χ0) is 17.5. The molecule has 4 N–H and O–H groups in total. The van der Waals surface area contributed by atoms with E-state index in [4.69, 9.17) is 10.5 Å². The van der Waals surface area contributed by atoms with Crippen molar-refractivity contribution >= 4 is 17.5 Å². The van der Waals surface area contributed by atoms with Crippen molar-refractivity contribution in [3.8, 4) is 11.5 Å². The molecule has 2 aromatic carbocycles. The van der Waals surface area contributed by atoms with Crippen molar-refractivity contribution in [2.45, 2.75) is 19.9 Å². The Kier molecular flexibility index (Phi) is 5.92. The molecule has 0 fully saturated rings. The molecule has 0 aliphatic heterocycles. The summed E-state index contributed by atoms with van der Waals surface area (Å²) in [4.78, 5) is 23.3. The highest BCUT2D eigenvalue weighted by molar-refractivity contribution is 5.96. The standard InChI is InChI=1S/C18H21N3O3/c1-3-20-12(2)18(23)21-13-8-10-14(11-9-13)24-16-7-5-4-6-15(16)17(19)22/h4-12,20H,3H2,1-2H3,(H2,19,22)(H,21,23). The molecule has 0 aliphatic carbocycles. The number of ether oxygens (including phenoxy) is 1. The molecule has 0 aromatic heterocycles. The second-order valence-electron chi connectivity index (χ2n) is 5.26. The van der Waals surface area contributed by atoms with Gasteiger partial charge in [0, 0.05) is 5.69 Å². The Morgan fingerprint density at radius 2 is 1.79 bits per heavy atom. The smallest absolute Gasteiger partial charge is 0.252 e. The van der Waals surface area contributed by atoms with Crippen LogP contribution in [-0.2, 0) is 4.79 Å². The summed E-state index contributed by atoms with van der Waals surface area (Å²) < 4.78 is 5.69. The summed E-state index contributed by atoms with van der Waals surface area (Å²) in [5, 5.41) is 5.86. The molecule has 0 radical (unpaired) electrons. The van der Waals surface area contributed by atoms with Gasteiger partial charge in [-0.3, -0.25) is 9.59 Å². The Morgan fingerprint density at radius 1 is 1.12 bits per heavy atom. The minimum Gasteiger partial charge on any atom is -0.457 e. The van der Waals surface area contributed by atoms with Crippen LogP contribution in [0.15, 0.2) is 48.5 Å². The molecule has 126 valence electrons. The normalized spacial score (nSPS) is 11.6. The van der Waals surface area contributed by atoms with Crippen molar-refractivity contribution in [3.63, 3.8) is 0 Å². The molecule has 0 saturated carbocycles. The van der Waals surface area contributed by atoms with Crippen LogP contribution in [0.2, 0.25) is 0 Å². The van der Waals surface area contributed by atoms with Crippen LogP contribution in [0.1, 0.15) is 24.2 Å². The summed E-state index contributed by atoms with van der Waals surface area (Å²) in [7, 11) is 0. The SMILES string of the molecule is CCNC(C)C(=O)Nc1ccc(Oc2ccccc2C(N)=O)cc1. The van der Waals surface area contributed by atoms with E-state index in [9.17, 15) is 9.59 Å². The summed E-state index contributed by atoms with van der Waals surface area (Å²) >= 11 is 0. The summed E-state index contributed by atoms with van der Waals surface area (Å²) in [5.41, 5.74) is 6.31. The summed E-state index contributed by atoms with van der Waals surface area (Å²) in [5.74, 6) is 0.278. The van der Waals surface area contributed by atoms with Crippen molar-refractivity contribution in [3.05, 3.63) is 54.1 Å². The van der Waals surface area contributed by atoms with Crippen LogP contribution in [0.3, 0.4) is 0 Å². The van der Waals surface area contributed by atoms with Gasteiger partial charge in [-0.25, -0.2) is 0 Å². The largest absolute Gasteiger partial charge is 0.457 e. The lowest BCUT2D eigenvalue weighted by Crippen LogP contribution is -2.37. The highest BCUT2D eigenvalue weighted by Gasteiger charge is 2.12. The van der Waals surface area contributed by atoms with Crippen LogP contribution in [0, 0.1) is 0 Å². The molecule has 2 rings (SSSR count). The average Bonchev–Trinajstić information content (AvgIpc) is 2.57. The fraction of sp³-hybridized carbons (Fsp3) is 0.222. The maximum atomic E-state index is 11.9. The van der Waals surface area contributed by atoms with E-state index < -0.39 is 5.91 Å². The Bertz CT molecular complexity index is 714. The summed E-state index contributed by atoms with van der Waals surface area (Å²) in [6.07, 6.45) is 0. The first-order chi connectivity index (χ1) is 11.5. The van der Waals surface area contributed by atoms with Gasteiger partial charge in [-0.05, 0) is 49.9 Å². The van der Waals surface area contributed by atoms with Gasteiger partial charge in [0.25, 0.3) is 5.91 Å². The van der Waals surface area contributed by atoms with Gasteiger partial charge in [-0.15, -0.1) is 0 Å². The molecule has 0 spiro atoms. The molecule has 0 saturated heterocycles. The lowest BCUT2D eigenvalue weighted by atomic mass is 10.2. The number of nitrogens with two attached hydrogens (primary N) is 1. The molecule has 2 amide bonds. The van der Waals surface area contributed by atoms with Gasteiger partial charge in [0.2, 0.25) is 5.91 Å². The molecule has 6 heteroatoms. The number of anilines is 1. The third-order valence-electron chi connectivity index (χ3n) is 3.41. The maximum absolute atomic E-state index is 11.9. The van der Waals surface area contributed by atoms with Crippen LogP contribution < -0.4 is 21.1 Å². The van der Waals surface area contributed by atoms with Crippen molar-refractivity contribution in [2.24, 2.45) is 5.73 Å². The van der Waals surface area contributed by atoms with Crippen LogP contribution in [0.25, 0.3) is 0 Å². The quantitative estimate of drug-likeness (QED) is 0.728. The molecule has 1 unspecified atom stereocenters. The second kappa shape index (κ2) is 8.12. The predicted octanol–water partition coefficient (Wildman–Crippen LogP) is 2.51. The Balaban J connectivity index is 2.05. The van der Waals surface area contributed by atoms with E-state index in [1.165, 1.54) is 0 Å². The molecule has 2 aromatic rings. The van der Waals surface area contributed by atoms with E-state index in [0.717, 1.165) is 6.54 Å². The maximum Gasteiger partial charge on any atom is 0.252 e. The zero-order valence-corrected chi connectivity index (χ0v) is 13.7. The molecule has 0 aliphatic rings. The molecule has 6 nitrogen and oxygen atoms in total. The first-order valence-electron chi connectivity index (χ1n) is 7.72. The number of carbonyl (C=O) groups excluding carboxylic acids is 2. The number of likely N-dealkylation sites (N-methyl/N-ethyl adjacent to an activating group) is 1. The number of hydrogen-bond acceptors (Lipinski definition) is 4. The average molecular weight is 327 g/mol. The van der Waals surface area contributed by atoms with Crippen molar-refractivity contribution in [1.82, 2.24) is 5.32 Å². The van der Waals surface area contributed by atoms with E-state index in [2.05, 4.69) is 10.6 Å². The second-order valence-corrected chi connectivity index (χ2v) is 5.26. The monoisotopic (exact) mass is 327 g/mol. The minimum absolute atomic E-state index is 0.107. The van der Waals surface area contributed by atoms with Crippen molar-refractivity contribution < 1.29 is 14.3 Å². The van der Waals surface area contributed by atoms with Gasteiger partial charge in [-0.1, -0.05) is 19.1 Å². The Labute approximate surface area is 141 Å². The van der Waals surface area contributed by atoms with Gasteiger partial charge in [0.15, 0.2) is 0 Å². The number of hydrogen-bond donors (Lipinski definition) is 3. The van der Waals surface area contributed by atoms with Gasteiger partial charge < -0.3 is 21.1 Å². The van der Waals surface area contributed by atoms with Gasteiger partial charge in [-0.2, -0.15) is 0 Å². The van der Waals surface area contributed by atoms with E-state index in [-0.39, 0.29) is 11.9 Å². The van der Waals surface area contributed by atoms with Crippen LogP contribution in [0.5, 0.6) is 11.5 Å². The topological polar surface area (TPSA) is 93.4 Å². The van der Waals surface area contributed by atoms with Gasteiger partial charge >= 0.3 is 0 Å². The third-order valence-corrected chi connectivity index (χ3v) is 3.41. The zero-order valence-electron chi connectivity index (χ0n) is 13.7. The first kappa shape index (κ1) is 17.5. The van der Waals surface area contributed by atoms with E-state index in [0.29, 0.717) is 22.7 Å². The van der Waals surface area contributed by atoms with Gasteiger partial charge in [0.05, 0.1) is 11.6 Å². The molecule has 1 atom stereocenters. The van der Waals surface area contributed by atoms with Crippen LogP contribution >= 0.6 is 0 Å². The number of amides is 2. The van der Waals surface area contributed by atoms with Crippen molar-refractivity contribution in [2.75, 3.05) is 11.9 Å². The number of carbonyl (C=O) groups is 2. The Hall–Kier alpha value is -2.86. The minimum atomic E-state index is -0.549. The molecule has 24 heavy (non-hydrogen) atoms. The molecule has 0 bridgehead atoms. The summed E-state index contributed by atoms with van der Waals surface area (Å²) in [6.45, 7) is 4.47. The molecular formula is C18H21N3O3. The van der Waals surface area contributed by atoms with E-state index in [1.807, 2.05) is 6.92 Å². The van der Waals surface area contributed by atoms with Gasteiger partial charge in [0.1, 0.15) is 11.5 Å². The lowest BCUT2D eigenvalue weighted by molar-refractivity contribution is -0.117. The number of primary amides is 1. The fourth-order valence-corrected chi connectivity index (χ4v) is 2.14. The molecule has 0 heterocycles. The van der Waals surface area contributed by atoms with E-state index in [1.54, 1.807) is 55.5 Å². The third kappa shape index (κ3) is 4.57. The lowest BCUT2D eigenvalue weighted by Gasteiger charge is -2.13. The van der Waals surface area contributed by atoms with Crippen molar-refractivity contribution in [1.29, 1.82) is 0 Å². The Morgan fingerprint density at radius 3 is 2.42 bits per heavy atom. The predicted molar refractivity (Wildman–Crippen MR) is 93.2 cm³/mol. The number of para-hydroxylation sites is 1. The van der Waals surface area contributed by atoms with Crippen LogP contribution in [-0.4, -0.2) is 24.4 Å². The highest BCUT2D eigenvalue weighted by atomic mass is 16.5. The molecular weight excluding hydrogens is 306 g/mol.